The van der Waals surface area contributed by atoms with Crippen molar-refractivity contribution in [3.63, 3.8) is 0 Å². The molecule has 0 radical (unpaired) electrons. The minimum absolute atomic E-state index is 0.260. The molecule has 0 aliphatic carbocycles. The lowest BCUT2D eigenvalue weighted by molar-refractivity contribution is 0.399. The molecule has 18 heavy (non-hydrogen) atoms. The smallest absolute Gasteiger partial charge is 0.123 e. The van der Waals surface area contributed by atoms with Gasteiger partial charge in [0, 0.05) is 23.1 Å². The van der Waals surface area contributed by atoms with Gasteiger partial charge in [-0.3, -0.25) is 0 Å². The van der Waals surface area contributed by atoms with Crippen LogP contribution in [0.4, 0.5) is 4.39 Å². The Morgan fingerprint density at radius 2 is 2.22 bits per heavy atom. The monoisotopic (exact) mass is 284 g/mol. The number of hydrogen-bond donors (Lipinski definition) is 1. The molecule has 1 N–H and O–H groups in total. The Hall–Kier alpha value is -0.970. The van der Waals surface area contributed by atoms with E-state index < -0.39 is 0 Å². The van der Waals surface area contributed by atoms with Gasteiger partial charge in [-0.25, -0.2) is 9.37 Å². The van der Waals surface area contributed by atoms with Gasteiger partial charge in [0.25, 0.3) is 0 Å². The number of hydrogen-bond acceptors (Lipinski definition) is 3. The first-order valence-electron chi connectivity index (χ1n) is 5.58. The van der Waals surface area contributed by atoms with E-state index in [9.17, 15) is 4.39 Å². The molecule has 1 aromatic heterocycles. The lowest BCUT2D eigenvalue weighted by atomic mass is 10.1. The highest BCUT2D eigenvalue weighted by Crippen LogP contribution is 2.24. The molecule has 2 rings (SSSR count). The van der Waals surface area contributed by atoms with Gasteiger partial charge in [-0.05, 0) is 37.6 Å². The molecule has 0 bridgehead atoms. The van der Waals surface area contributed by atoms with Gasteiger partial charge >= 0.3 is 0 Å². The van der Waals surface area contributed by atoms with Gasteiger partial charge in [0.05, 0.1) is 5.54 Å². The summed E-state index contributed by atoms with van der Waals surface area (Å²) in [6.07, 6.45) is 1.78. The van der Waals surface area contributed by atoms with E-state index in [-0.39, 0.29) is 11.4 Å². The molecule has 0 aliphatic rings. The molecule has 1 heterocycles. The largest absolute Gasteiger partial charge is 0.302 e. The van der Waals surface area contributed by atoms with Crippen molar-refractivity contribution >= 4 is 22.9 Å². The molecule has 0 saturated carbocycles. The summed E-state index contributed by atoms with van der Waals surface area (Å²) in [5.41, 5.74) is 0.491. The van der Waals surface area contributed by atoms with Gasteiger partial charge < -0.3 is 5.32 Å². The molecule has 0 atom stereocenters. The minimum atomic E-state index is -0.275. The summed E-state index contributed by atoms with van der Waals surface area (Å²) < 4.78 is 13.1. The molecule has 0 spiro atoms. The number of halogens is 2. The summed E-state index contributed by atoms with van der Waals surface area (Å²) in [6.45, 7) is 4.58. The highest BCUT2D eigenvalue weighted by Gasteiger charge is 2.22. The lowest BCUT2D eigenvalue weighted by Gasteiger charge is -2.24. The van der Waals surface area contributed by atoms with E-state index >= 15 is 0 Å². The van der Waals surface area contributed by atoms with Crippen LogP contribution in [0.15, 0.2) is 29.8 Å². The van der Waals surface area contributed by atoms with Gasteiger partial charge in [0.1, 0.15) is 10.8 Å². The fraction of sp³-hybridized carbons (Fsp3) is 0.308. The topological polar surface area (TPSA) is 24.9 Å². The zero-order chi connectivity index (χ0) is 13.2. The average Bonchev–Trinajstić information content (AvgIpc) is 2.85. The van der Waals surface area contributed by atoms with E-state index in [1.807, 2.05) is 19.2 Å². The summed E-state index contributed by atoms with van der Waals surface area (Å²) in [7, 11) is 0. The third-order valence-electron chi connectivity index (χ3n) is 2.70. The molecule has 0 saturated heterocycles. The normalized spacial score (nSPS) is 11.8. The second kappa shape index (κ2) is 5.34. The van der Waals surface area contributed by atoms with Crippen LogP contribution in [-0.4, -0.2) is 4.98 Å². The van der Waals surface area contributed by atoms with Crippen LogP contribution >= 0.6 is 22.9 Å². The zero-order valence-corrected chi connectivity index (χ0v) is 11.8. The number of aromatic nitrogens is 1. The van der Waals surface area contributed by atoms with E-state index in [0.29, 0.717) is 11.6 Å². The summed E-state index contributed by atoms with van der Waals surface area (Å²) >= 11 is 7.62. The number of benzene rings is 1. The van der Waals surface area contributed by atoms with Crippen molar-refractivity contribution in [2.45, 2.75) is 25.9 Å². The number of rotatable bonds is 4. The Morgan fingerprint density at radius 3 is 2.89 bits per heavy atom. The molecule has 2 nitrogen and oxygen atoms in total. The minimum Gasteiger partial charge on any atom is -0.302 e. The summed E-state index contributed by atoms with van der Waals surface area (Å²) in [5.74, 6) is -0.275. The van der Waals surface area contributed by atoms with Gasteiger partial charge in [-0.15, -0.1) is 11.3 Å². The Morgan fingerprint density at radius 1 is 1.44 bits per heavy atom. The number of thiazole rings is 1. The van der Waals surface area contributed by atoms with Crippen molar-refractivity contribution in [1.82, 2.24) is 10.3 Å². The van der Waals surface area contributed by atoms with Crippen LogP contribution in [0, 0.1) is 5.82 Å². The summed E-state index contributed by atoms with van der Waals surface area (Å²) in [6, 6.07) is 4.38. The van der Waals surface area contributed by atoms with E-state index in [1.165, 1.54) is 12.1 Å². The van der Waals surface area contributed by atoms with Crippen molar-refractivity contribution < 1.29 is 4.39 Å². The van der Waals surface area contributed by atoms with Crippen LogP contribution in [0.25, 0.3) is 0 Å². The Kier molecular flexibility index (Phi) is 4.00. The van der Waals surface area contributed by atoms with E-state index in [2.05, 4.69) is 10.3 Å². The maximum atomic E-state index is 13.1. The second-order valence-corrected chi connectivity index (χ2v) is 5.85. The summed E-state index contributed by atoms with van der Waals surface area (Å²) in [5, 5.41) is 6.84. The maximum Gasteiger partial charge on any atom is 0.123 e. The Labute approximate surface area is 115 Å². The van der Waals surface area contributed by atoms with Crippen molar-refractivity contribution in [3.05, 3.63) is 51.2 Å². The maximum absolute atomic E-state index is 13.1. The van der Waals surface area contributed by atoms with Crippen LogP contribution in [0.1, 0.15) is 24.4 Å². The van der Waals surface area contributed by atoms with Crippen molar-refractivity contribution in [3.8, 4) is 0 Å². The molecular formula is C13H14ClFN2S. The molecule has 1 aromatic carbocycles. The standard InChI is InChI=1S/C13H14ClFN2S/c1-13(2,12-16-5-6-18-12)17-8-9-7-10(15)3-4-11(9)14/h3-7,17H,8H2,1-2H3. The molecule has 96 valence electrons. The van der Waals surface area contributed by atoms with Crippen molar-refractivity contribution in [2.75, 3.05) is 0 Å². The van der Waals surface area contributed by atoms with Gasteiger partial charge in [-0.1, -0.05) is 11.6 Å². The fourth-order valence-electron chi connectivity index (χ4n) is 1.60. The average molecular weight is 285 g/mol. The SMILES string of the molecule is CC(C)(NCc1cc(F)ccc1Cl)c1nccs1. The highest BCUT2D eigenvalue weighted by atomic mass is 35.5. The second-order valence-electron chi connectivity index (χ2n) is 4.55. The molecular weight excluding hydrogens is 271 g/mol. The van der Waals surface area contributed by atoms with Crippen LogP contribution in [0.5, 0.6) is 0 Å². The quantitative estimate of drug-likeness (QED) is 0.919. The van der Waals surface area contributed by atoms with Crippen LogP contribution in [0.2, 0.25) is 5.02 Å². The van der Waals surface area contributed by atoms with Gasteiger partial charge in [-0.2, -0.15) is 0 Å². The Bertz CT molecular complexity index is 526. The number of nitrogens with one attached hydrogen (secondary N) is 1. The molecule has 0 unspecified atom stereocenters. The third-order valence-corrected chi connectivity index (χ3v) is 4.16. The first kappa shape index (κ1) is 13.5. The van der Waals surface area contributed by atoms with E-state index in [0.717, 1.165) is 10.6 Å². The van der Waals surface area contributed by atoms with E-state index in [4.69, 9.17) is 11.6 Å². The molecule has 0 fully saturated rings. The fourth-order valence-corrected chi connectivity index (χ4v) is 2.53. The summed E-state index contributed by atoms with van der Waals surface area (Å²) in [4.78, 5) is 4.29. The van der Waals surface area contributed by atoms with Gasteiger partial charge in [0.15, 0.2) is 0 Å². The predicted octanol–water partition coefficient (Wildman–Crippen LogP) is 3.96. The first-order valence-corrected chi connectivity index (χ1v) is 6.84. The first-order chi connectivity index (χ1) is 8.49. The highest BCUT2D eigenvalue weighted by molar-refractivity contribution is 7.09. The molecule has 0 amide bonds. The van der Waals surface area contributed by atoms with Crippen molar-refractivity contribution in [2.24, 2.45) is 0 Å². The predicted molar refractivity (Wildman–Crippen MR) is 73.4 cm³/mol. The Balaban J connectivity index is 2.09. The number of nitrogens with zero attached hydrogens (tertiary/aromatic N) is 1. The lowest BCUT2D eigenvalue weighted by Crippen LogP contribution is -2.35. The molecule has 0 aliphatic heterocycles. The molecule has 5 heteroatoms. The van der Waals surface area contributed by atoms with Crippen LogP contribution in [0.3, 0.4) is 0 Å². The zero-order valence-electron chi connectivity index (χ0n) is 10.2. The third kappa shape index (κ3) is 3.07. The molecule has 2 aromatic rings. The van der Waals surface area contributed by atoms with Crippen LogP contribution < -0.4 is 5.32 Å². The van der Waals surface area contributed by atoms with Gasteiger partial charge in [0.2, 0.25) is 0 Å². The van der Waals surface area contributed by atoms with Crippen molar-refractivity contribution in [1.29, 1.82) is 0 Å². The van der Waals surface area contributed by atoms with Crippen LogP contribution in [-0.2, 0) is 12.1 Å². The van der Waals surface area contributed by atoms with E-state index in [1.54, 1.807) is 23.6 Å².